The molecule has 0 rings (SSSR count). The number of halogens is 1. The van der Waals surface area contributed by atoms with Crippen molar-refractivity contribution in [2.45, 2.75) is 24.8 Å². The van der Waals surface area contributed by atoms with Crippen LogP contribution in [-0.4, -0.2) is 26.2 Å². The third kappa shape index (κ3) is 2.76. The van der Waals surface area contributed by atoms with Gasteiger partial charge < -0.3 is 0 Å². The Morgan fingerprint density at radius 3 is 1.70 bits per heavy atom. The van der Waals surface area contributed by atoms with Crippen LogP contribution in [0.5, 0.6) is 0 Å². The van der Waals surface area contributed by atoms with Gasteiger partial charge in [0.25, 0.3) is 10.1 Å². The first-order chi connectivity index (χ1) is 4.15. The summed E-state index contributed by atoms with van der Waals surface area (Å²) < 4.78 is 41.3. The van der Waals surface area contributed by atoms with Crippen LogP contribution >= 0.6 is 0 Å². The average molecular weight is 186 g/mol. The minimum absolute atomic E-state index is 1.53. The van der Waals surface area contributed by atoms with Crippen LogP contribution in [0.25, 0.3) is 0 Å². The molecule has 0 saturated carbocycles. The van der Waals surface area contributed by atoms with E-state index in [2.05, 4.69) is 0 Å². The summed E-state index contributed by atoms with van der Waals surface area (Å²) in [5, 5.41) is -2.07. The number of hydrogen-bond donors (Lipinski definition) is 1. The fourth-order valence-electron chi connectivity index (χ4n) is 0.447. The molecule has 62 valence electrons. The van der Waals surface area contributed by atoms with Crippen LogP contribution < -0.4 is 0 Å². The van der Waals surface area contributed by atoms with E-state index in [1.165, 1.54) is 19.6 Å². The van der Waals surface area contributed by atoms with Gasteiger partial charge in [0, 0.05) is 0 Å². The molecule has 0 aromatic carbocycles. The molecule has 0 aliphatic rings. The molecule has 0 amide bonds. The predicted octanol–water partition coefficient (Wildman–Crippen LogP) is 1.05. The zero-order chi connectivity index (χ0) is 8.58. The van der Waals surface area contributed by atoms with Crippen LogP contribution in [0.2, 0.25) is 19.6 Å². The quantitative estimate of drug-likeness (QED) is 0.518. The smallest absolute Gasteiger partial charge is 0.284 e. The van der Waals surface area contributed by atoms with Crippen LogP contribution in [0.3, 0.4) is 0 Å². The summed E-state index contributed by atoms with van der Waals surface area (Å²) in [6, 6.07) is 0. The van der Waals surface area contributed by atoms with E-state index in [1.54, 1.807) is 0 Å². The van der Waals surface area contributed by atoms with Crippen molar-refractivity contribution < 1.29 is 17.4 Å². The van der Waals surface area contributed by atoms with E-state index >= 15 is 0 Å². The second-order valence-electron chi connectivity index (χ2n) is 3.20. The molecule has 0 saturated heterocycles. The van der Waals surface area contributed by atoms with Gasteiger partial charge in [-0.15, -0.1) is 0 Å². The van der Waals surface area contributed by atoms with Crippen molar-refractivity contribution in [3.05, 3.63) is 0 Å². The van der Waals surface area contributed by atoms with Gasteiger partial charge >= 0.3 is 0 Å². The molecule has 0 bridgehead atoms. The first-order valence-electron chi connectivity index (χ1n) is 2.76. The van der Waals surface area contributed by atoms with Gasteiger partial charge in [0.1, 0.15) is 8.07 Å². The van der Waals surface area contributed by atoms with Crippen molar-refractivity contribution >= 4 is 18.2 Å². The average Bonchev–Trinajstić information content (AvgIpc) is 1.59. The highest BCUT2D eigenvalue weighted by atomic mass is 32.2. The van der Waals surface area contributed by atoms with Crippen LogP contribution in [0.1, 0.15) is 0 Å². The molecular weight excluding hydrogens is 175 g/mol. The molecule has 0 spiro atoms. The SMILES string of the molecule is C[Si](C)(C)C(F)S(=O)(=O)O. The van der Waals surface area contributed by atoms with E-state index < -0.39 is 23.3 Å². The maximum Gasteiger partial charge on any atom is 0.293 e. The molecule has 3 nitrogen and oxygen atoms in total. The van der Waals surface area contributed by atoms with E-state index in [-0.39, 0.29) is 0 Å². The Bertz CT molecular complexity index is 205. The summed E-state index contributed by atoms with van der Waals surface area (Å²) in [5.41, 5.74) is 0. The van der Waals surface area contributed by atoms with Crippen molar-refractivity contribution in [3.8, 4) is 0 Å². The Morgan fingerprint density at radius 2 is 1.70 bits per heavy atom. The summed E-state index contributed by atoms with van der Waals surface area (Å²) in [6.07, 6.45) is 0. The standard InChI is InChI=1S/C4H11FO3SSi/c1-10(2,3)4(5)9(6,7)8/h4H,1-3H3,(H,6,7,8). The molecule has 0 aliphatic carbocycles. The van der Waals surface area contributed by atoms with E-state index in [9.17, 15) is 12.8 Å². The summed E-state index contributed by atoms with van der Waals surface area (Å²) >= 11 is 0. The molecule has 0 heterocycles. The second-order valence-corrected chi connectivity index (χ2v) is 10.3. The fourth-order valence-corrected chi connectivity index (χ4v) is 4.02. The fraction of sp³-hybridized carbons (Fsp3) is 1.00. The summed E-state index contributed by atoms with van der Waals surface area (Å²) in [6.45, 7) is 4.60. The topological polar surface area (TPSA) is 54.4 Å². The lowest BCUT2D eigenvalue weighted by Gasteiger charge is -2.17. The normalized spacial score (nSPS) is 16.9. The molecule has 0 aromatic heterocycles. The van der Waals surface area contributed by atoms with Gasteiger partial charge in [-0.1, -0.05) is 19.6 Å². The van der Waals surface area contributed by atoms with E-state index in [4.69, 9.17) is 4.55 Å². The molecule has 6 heteroatoms. The number of alkyl halides is 1. The molecule has 10 heavy (non-hydrogen) atoms. The lowest BCUT2D eigenvalue weighted by atomic mass is 11.7. The first kappa shape index (κ1) is 10.1. The van der Waals surface area contributed by atoms with Crippen LogP contribution in [0, 0.1) is 0 Å². The Kier molecular flexibility index (Phi) is 2.61. The van der Waals surface area contributed by atoms with Crippen LogP contribution in [0.15, 0.2) is 0 Å². The Balaban J connectivity index is 4.56. The summed E-state index contributed by atoms with van der Waals surface area (Å²) in [5.74, 6) is 0. The minimum Gasteiger partial charge on any atom is -0.284 e. The molecule has 0 aliphatic heterocycles. The zero-order valence-electron chi connectivity index (χ0n) is 6.13. The third-order valence-electron chi connectivity index (χ3n) is 0.942. The largest absolute Gasteiger partial charge is 0.293 e. The van der Waals surface area contributed by atoms with Crippen LogP contribution in [0.4, 0.5) is 4.39 Å². The maximum absolute atomic E-state index is 12.6. The van der Waals surface area contributed by atoms with E-state index in [0.717, 1.165) is 0 Å². The van der Waals surface area contributed by atoms with Crippen LogP contribution in [-0.2, 0) is 10.1 Å². The van der Waals surface area contributed by atoms with Crippen molar-refractivity contribution in [2.75, 3.05) is 0 Å². The van der Waals surface area contributed by atoms with Gasteiger partial charge in [0.2, 0.25) is 5.13 Å². The van der Waals surface area contributed by atoms with Gasteiger partial charge in [-0.25, -0.2) is 4.39 Å². The van der Waals surface area contributed by atoms with Gasteiger partial charge in [0.15, 0.2) is 0 Å². The zero-order valence-corrected chi connectivity index (χ0v) is 7.94. The molecule has 0 fully saturated rings. The monoisotopic (exact) mass is 186 g/mol. The lowest BCUT2D eigenvalue weighted by Crippen LogP contribution is -2.40. The first-order valence-corrected chi connectivity index (χ1v) is 7.84. The van der Waals surface area contributed by atoms with Crippen molar-refractivity contribution in [1.29, 1.82) is 0 Å². The van der Waals surface area contributed by atoms with E-state index in [0.29, 0.717) is 0 Å². The predicted molar refractivity (Wildman–Crippen MR) is 39.8 cm³/mol. The van der Waals surface area contributed by atoms with Gasteiger partial charge in [0.05, 0.1) is 0 Å². The highest BCUT2D eigenvalue weighted by Gasteiger charge is 2.36. The summed E-state index contributed by atoms with van der Waals surface area (Å²) in [4.78, 5) is 0. The minimum atomic E-state index is -4.47. The molecule has 1 atom stereocenters. The van der Waals surface area contributed by atoms with Crippen molar-refractivity contribution in [1.82, 2.24) is 0 Å². The lowest BCUT2D eigenvalue weighted by molar-refractivity contribution is 0.422. The molecule has 1 N–H and O–H groups in total. The second kappa shape index (κ2) is 2.59. The Hall–Kier alpha value is 0.0569. The van der Waals surface area contributed by atoms with Crippen molar-refractivity contribution in [2.24, 2.45) is 0 Å². The van der Waals surface area contributed by atoms with Crippen molar-refractivity contribution in [3.63, 3.8) is 0 Å². The Morgan fingerprint density at radius 1 is 1.40 bits per heavy atom. The number of hydrogen-bond acceptors (Lipinski definition) is 2. The molecule has 0 radical (unpaired) electrons. The highest BCUT2D eigenvalue weighted by molar-refractivity contribution is 7.88. The number of rotatable bonds is 2. The van der Waals surface area contributed by atoms with Gasteiger partial charge in [-0.2, -0.15) is 8.42 Å². The van der Waals surface area contributed by atoms with Gasteiger partial charge in [-0.3, -0.25) is 4.55 Å². The van der Waals surface area contributed by atoms with Gasteiger partial charge in [-0.05, 0) is 0 Å². The molecule has 0 aromatic rings. The maximum atomic E-state index is 12.6. The third-order valence-corrected chi connectivity index (χ3v) is 5.84. The highest BCUT2D eigenvalue weighted by Crippen LogP contribution is 2.15. The Labute approximate surface area is 61.0 Å². The van der Waals surface area contributed by atoms with E-state index in [1.807, 2.05) is 0 Å². The molecule has 1 unspecified atom stereocenters. The molecular formula is C4H11FO3SSi. The summed E-state index contributed by atoms with van der Waals surface area (Å²) in [7, 11) is -6.87.